The summed E-state index contributed by atoms with van der Waals surface area (Å²) in [6, 6.07) is 12.8. The van der Waals surface area contributed by atoms with E-state index in [2.05, 4.69) is 15.5 Å². The number of rotatable bonds is 6. The number of aromatic nitrogens is 2. The highest BCUT2D eigenvalue weighted by Gasteiger charge is 2.16. The molecule has 0 bridgehead atoms. The molecule has 8 heteroatoms. The van der Waals surface area contributed by atoms with Crippen LogP contribution >= 0.6 is 23.2 Å². The van der Waals surface area contributed by atoms with Crippen LogP contribution in [0.15, 0.2) is 46.9 Å². The van der Waals surface area contributed by atoms with Crippen LogP contribution < -0.4 is 10.2 Å². The molecular weight excluding hydrogens is 387 g/mol. The van der Waals surface area contributed by atoms with Crippen molar-refractivity contribution in [3.63, 3.8) is 0 Å². The molecule has 1 atom stereocenters. The van der Waals surface area contributed by atoms with Crippen LogP contribution in [0.3, 0.4) is 0 Å². The van der Waals surface area contributed by atoms with E-state index in [9.17, 15) is 4.79 Å². The Morgan fingerprint density at radius 3 is 2.70 bits per heavy atom. The van der Waals surface area contributed by atoms with Gasteiger partial charge in [-0.15, -0.1) is 10.2 Å². The first-order valence-electron chi connectivity index (χ1n) is 8.36. The molecule has 0 aliphatic carbocycles. The second kappa shape index (κ2) is 8.52. The zero-order valence-corrected chi connectivity index (χ0v) is 16.4. The van der Waals surface area contributed by atoms with E-state index in [1.54, 1.807) is 18.2 Å². The number of nitrogens with one attached hydrogen (secondary N) is 2. The summed E-state index contributed by atoms with van der Waals surface area (Å²) in [5.41, 5.74) is 2.60. The third-order valence-electron chi connectivity index (χ3n) is 3.85. The average molecular weight is 406 g/mol. The summed E-state index contributed by atoms with van der Waals surface area (Å²) in [6.45, 7) is 2.68. The Labute approximate surface area is 167 Å². The van der Waals surface area contributed by atoms with Crippen LogP contribution in [0.1, 0.15) is 11.5 Å². The number of aryl methyl sites for hydroxylation is 1. The first kappa shape index (κ1) is 19.4. The number of benzene rings is 2. The molecule has 0 fully saturated rings. The molecule has 2 aromatic carbocycles. The molecule has 1 unspecified atom stereocenters. The second-order valence-electron chi connectivity index (χ2n) is 6.36. The highest BCUT2D eigenvalue weighted by Crippen LogP contribution is 2.24. The Kier molecular flexibility index (Phi) is 6.11. The Hall–Kier alpha value is -2.41. The van der Waals surface area contributed by atoms with E-state index < -0.39 is 0 Å². The molecule has 27 heavy (non-hydrogen) atoms. The molecule has 6 nitrogen and oxygen atoms in total. The van der Waals surface area contributed by atoms with Crippen molar-refractivity contribution >= 4 is 34.8 Å². The Bertz CT molecular complexity index is 958. The highest BCUT2D eigenvalue weighted by atomic mass is 35.5. The molecule has 1 amide bonds. The van der Waals surface area contributed by atoms with Gasteiger partial charge >= 0.3 is 0 Å². The summed E-state index contributed by atoms with van der Waals surface area (Å²) in [7, 11) is 1.88. The molecule has 0 aliphatic rings. The zero-order chi connectivity index (χ0) is 19.4. The Morgan fingerprint density at radius 1 is 1.15 bits per heavy atom. The van der Waals surface area contributed by atoms with E-state index in [-0.39, 0.29) is 12.5 Å². The molecule has 1 heterocycles. The monoisotopic (exact) mass is 405 g/mol. The quantitative estimate of drug-likeness (QED) is 0.660. The standard InChI is InChI=1S/C19H18Cl2N4O2/c1-12-4-3-5-13(8-12)19-24-23-18(27-19)11-25(2)10-17(26)22-14-6-7-15(20)16(21)9-14/h3-9H,10-11H2,1-2H3,(H,22,26)/p+1. The molecule has 3 rings (SSSR count). The SMILES string of the molecule is Cc1cccc(-c2nnc(C[NH+](C)CC(=O)Nc3ccc(Cl)c(Cl)c3)o2)c1. The van der Waals surface area contributed by atoms with Crippen molar-refractivity contribution in [3.05, 3.63) is 64.0 Å². The number of carbonyl (C=O) groups excluding carboxylic acids is 1. The number of anilines is 1. The van der Waals surface area contributed by atoms with Gasteiger partial charge in [0.05, 0.1) is 17.1 Å². The Morgan fingerprint density at radius 2 is 1.96 bits per heavy atom. The largest absolute Gasteiger partial charge is 0.415 e. The van der Waals surface area contributed by atoms with Gasteiger partial charge in [-0.25, -0.2) is 0 Å². The number of amides is 1. The summed E-state index contributed by atoms with van der Waals surface area (Å²) in [5, 5.41) is 11.8. The fourth-order valence-electron chi connectivity index (χ4n) is 2.59. The predicted octanol–water partition coefficient (Wildman–Crippen LogP) is 3.01. The molecular formula is C19H19Cl2N4O2+. The fraction of sp³-hybridized carbons (Fsp3) is 0.211. The van der Waals surface area contributed by atoms with E-state index in [0.29, 0.717) is 34.1 Å². The molecule has 0 saturated carbocycles. The van der Waals surface area contributed by atoms with Gasteiger partial charge in [0.2, 0.25) is 5.89 Å². The topological polar surface area (TPSA) is 72.5 Å². The van der Waals surface area contributed by atoms with Crippen LogP contribution in [0.5, 0.6) is 0 Å². The van der Waals surface area contributed by atoms with Crippen LogP contribution in [0.4, 0.5) is 5.69 Å². The maximum atomic E-state index is 12.2. The minimum Gasteiger partial charge on any atom is -0.415 e. The van der Waals surface area contributed by atoms with Gasteiger partial charge in [-0.3, -0.25) is 4.79 Å². The molecule has 1 aromatic heterocycles. The molecule has 2 N–H and O–H groups in total. The van der Waals surface area contributed by atoms with Crippen molar-refractivity contribution in [3.8, 4) is 11.5 Å². The number of likely N-dealkylation sites (N-methyl/N-ethyl adjacent to an activating group) is 1. The number of halogens is 2. The van der Waals surface area contributed by atoms with Crippen molar-refractivity contribution in [2.45, 2.75) is 13.5 Å². The third kappa shape index (κ3) is 5.29. The summed E-state index contributed by atoms with van der Waals surface area (Å²) in [6.07, 6.45) is 0. The van der Waals surface area contributed by atoms with Crippen molar-refractivity contribution in [1.29, 1.82) is 0 Å². The van der Waals surface area contributed by atoms with Gasteiger partial charge < -0.3 is 14.6 Å². The summed E-state index contributed by atoms with van der Waals surface area (Å²) in [4.78, 5) is 13.1. The Balaban J connectivity index is 1.56. The number of hydrogen-bond donors (Lipinski definition) is 2. The first-order chi connectivity index (χ1) is 12.9. The lowest BCUT2D eigenvalue weighted by molar-refractivity contribution is -0.886. The second-order valence-corrected chi connectivity index (χ2v) is 7.17. The van der Waals surface area contributed by atoms with Crippen LogP contribution in [0, 0.1) is 6.92 Å². The molecule has 3 aromatic rings. The van der Waals surface area contributed by atoms with Gasteiger partial charge in [-0.2, -0.15) is 0 Å². The lowest BCUT2D eigenvalue weighted by Crippen LogP contribution is -3.08. The molecule has 0 saturated heterocycles. The summed E-state index contributed by atoms with van der Waals surface area (Å²) in [5.74, 6) is 0.803. The van der Waals surface area contributed by atoms with Gasteiger partial charge in [0.1, 0.15) is 0 Å². The van der Waals surface area contributed by atoms with Gasteiger partial charge in [-0.1, -0.05) is 40.9 Å². The summed E-state index contributed by atoms with van der Waals surface area (Å²) >= 11 is 11.8. The maximum absolute atomic E-state index is 12.2. The molecule has 0 spiro atoms. The zero-order valence-electron chi connectivity index (χ0n) is 14.9. The average Bonchev–Trinajstić information content (AvgIpc) is 3.06. The maximum Gasteiger partial charge on any atom is 0.279 e. The number of nitrogens with zero attached hydrogens (tertiary/aromatic N) is 2. The van der Waals surface area contributed by atoms with Gasteiger partial charge in [0.25, 0.3) is 11.8 Å². The minimum atomic E-state index is -0.149. The van der Waals surface area contributed by atoms with E-state index in [0.717, 1.165) is 16.0 Å². The van der Waals surface area contributed by atoms with Crippen LogP contribution in [-0.2, 0) is 11.3 Å². The normalized spacial score (nSPS) is 12.0. The van der Waals surface area contributed by atoms with E-state index in [1.165, 1.54) is 0 Å². The summed E-state index contributed by atoms with van der Waals surface area (Å²) < 4.78 is 5.72. The number of carbonyl (C=O) groups is 1. The van der Waals surface area contributed by atoms with Crippen molar-refractivity contribution < 1.29 is 14.1 Å². The van der Waals surface area contributed by atoms with Crippen molar-refractivity contribution in [2.24, 2.45) is 0 Å². The first-order valence-corrected chi connectivity index (χ1v) is 9.12. The lowest BCUT2D eigenvalue weighted by Gasteiger charge is -2.12. The van der Waals surface area contributed by atoms with E-state index in [4.69, 9.17) is 27.6 Å². The van der Waals surface area contributed by atoms with Crippen molar-refractivity contribution in [2.75, 3.05) is 18.9 Å². The molecule has 0 radical (unpaired) electrons. The lowest BCUT2D eigenvalue weighted by atomic mass is 10.1. The molecule has 0 aliphatic heterocycles. The van der Waals surface area contributed by atoms with Crippen LogP contribution in [-0.4, -0.2) is 29.7 Å². The fourth-order valence-corrected chi connectivity index (χ4v) is 2.89. The number of quaternary nitrogens is 1. The minimum absolute atomic E-state index is 0.149. The van der Waals surface area contributed by atoms with E-state index in [1.807, 2.05) is 38.2 Å². The number of hydrogen-bond acceptors (Lipinski definition) is 4. The predicted molar refractivity (Wildman–Crippen MR) is 105 cm³/mol. The smallest absolute Gasteiger partial charge is 0.279 e. The van der Waals surface area contributed by atoms with Crippen LogP contribution in [0.2, 0.25) is 10.0 Å². The van der Waals surface area contributed by atoms with Gasteiger partial charge in [0.15, 0.2) is 13.1 Å². The van der Waals surface area contributed by atoms with E-state index >= 15 is 0 Å². The van der Waals surface area contributed by atoms with Crippen LogP contribution in [0.25, 0.3) is 11.5 Å². The highest BCUT2D eigenvalue weighted by molar-refractivity contribution is 6.42. The van der Waals surface area contributed by atoms with Gasteiger partial charge in [-0.05, 0) is 37.3 Å². The third-order valence-corrected chi connectivity index (χ3v) is 4.59. The molecule has 140 valence electrons. The van der Waals surface area contributed by atoms with Crippen molar-refractivity contribution in [1.82, 2.24) is 10.2 Å². The van der Waals surface area contributed by atoms with Gasteiger partial charge in [0, 0.05) is 11.3 Å².